The van der Waals surface area contributed by atoms with Gasteiger partial charge in [0.2, 0.25) is 11.9 Å². The zero-order valence-electron chi connectivity index (χ0n) is 18.9. The van der Waals surface area contributed by atoms with Crippen LogP contribution in [0.4, 0.5) is 23.1 Å². The fraction of sp³-hybridized carbons (Fsp3) is 0.368. The molecule has 1 saturated heterocycles. The molecule has 0 aromatic carbocycles. The van der Waals surface area contributed by atoms with Crippen LogP contribution in [0.2, 0.25) is 0 Å². The number of pyridine rings is 1. The van der Waals surface area contributed by atoms with Crippen LogP contribution in [-0.4, -0.2) is 56.7 Å². The number of carbonyl (C=O) groups is 2. The van der Waals surface area contributed by atoms with Crippen molar-refractivity contribution < 1.29 is 13.7 Å². The van der Waals surface area contributed by atoms with Crippen LogP contribution in [0.25, 0.3) is 5.65 Å². The third-order valence-corrected chi connectivity index (χ3v) is 5.10. The largest absolute Gasteiger partial charge is 0.370 e. The van der Waals surface area contributed by atoms with Crippen LogP contribution in [0.3, 0.4) is 0 Å². The van der Waals surface area contributed by atoms with E-state index in [4.69, 9.17) is 4.11 Å². The summed E-state index contributed by atoms with van der Waals surface area (Å²) >= 11 is 0. The van der Waals surface area contributed by atoms with Crippen molar-refractivity contribution in [2.45, 2.75) is 19.3 Å². The van der Waals surface area contributed by atoms with E-state index >= 15 is 0 Å². The van der Waals surface area contributed by atoms with Crippen LogP contribution in [0, 0.1) is 5.92 Å². The van der Waals surface area contributed by atoms with Gasteiger partial charge in [0.15, 0.2) is 17.2 Å². The van der Waals surface area contributed by atoms with Crippen LogP contribution in [-0.2, 0) is 4.79 Å². The molecule has 11 nitrogen and oxygen atoms in total. The molecule has 11 heteroatoms. The van der Waals surface area contributed by atoms with Gasteiger partial charge in [0.05, 0.1) is 17.6 Å². The van der Waals surface area contributed by atoms with Crippen LogP contribution >= 0.6 is 0 Å². The second-order valence-corrected chi connectivity index (χ2v) is 7.30. The highest BCUT2D eigenvalue weighted by molar-refractivity contribution is 5.99. The number of hydrogen-bond acceptors (Lipinski definition) is 8. The molecule has 154 valence electrons. The fourth-order valence-corrected chi connectivity index (χ4v) is 3.16. The molecule has 0 spiro atoms. The number of aromatic nitrogens is 5. The van der Waals surface area contributed by atoms with Gasteiger partial charge < -0.3 is 20.9 Å². The topological polar surface area (TPSA) is 129 Å². The number of hydrogen-bond donors (Lipinski definition) is 3. The van der Waals surface area contributed by atoms with Crippen LogP contribution in [0.15, 0.2) is 24.4 Å². The lowest BCUT2D eigenvalue weighted by Gasteiger charge is -2.32. The fourth-order valence-electron chi connectivity index (χ4n) is 3.16. The highest BCUT2D eigenvalue weighted by Gasteiger charge is 2.30. The predicted octanol–water partition coefficient (Wildman–Crippen LogP) is 1.18. The summed E-state index contributed by atoms with van der Waals surface area (Å²) in [4.78, 5) is 31.2. The first kappa shape index (κ1) is 15.1. The van der Waals surface area contributed by atoms with Crippen LogP contribution < -0.4 is 20.9 Å². The normalized spacial score (nSPS) is 17.5. The van der Waals surface area contributed by atoms with Crippen LogP contribution in [0.5, 0.6) is 0 Å². The Morgan fingerprint density at radius 2 is 2.10 bits per heavy atom. The van der Waals surface area contributed by atoms with E-state index in [1.165, 1.54) is 6.07 Å². The van der Waals surface area contributed by atoms with E-state index < -0.39 is 12.9 Å². The van der Waals surface area contributed by atoms with E-state index in [0.29, 0.717) is 5.65 Å². The number of fused-ring (bicyclic) bond motifs is 1. The summed E-state index contributed by atoms with van der Waals surface area (Å²) < 4.78 is 23.5. The molecule has 1 aliphatic heterocycles. The maximum atomic E-state index is 12.5. The quantitative estimate of drug-likeness (QED) is 0.552. The number of anilines is 4. The standard InChI is InChI=1S/C19H21N9O2/c1-20-18(30)16-13(9-14(24-25-16)22-17(29)11-3-4-11)21-19-23-15-6-5-12(10-28(15)26-19)27-7-2-8-27/h5-6,9-11H,2-4,7-8H2,1H3,(H,20,30)(H2,21,22,24,26,29)/i1D3. The molecule has 3 N–H and O–H groups in total. The van der Waals surface area contributed by atoms with Crippen molar-refractivity contribution >= 4 is 40.6 Å². The molecule has 2 aliphatic rings. The second kappa shape index (κ2) is 7.25. The second-order valence-electron chi connectivity index (χ2n) is 7.30. The summed E-state index contributed by atoms with van der Waals surface area (Å²) in [5, 5.41) is 19.6. The van der Waals surface area contributed by atoms with Gasteiger partial charge in [0.25, 0.3) is 5.91 Å². The Kier molecular flexibility index (Phi) is 3.65. The van der Waals surface area contributed by atoms with Gasteiger partial charge in [-0.25, -0.2) is 4.52 Å². The SMILES string of the molecule is [2H]C([2H])([2H])NC(=O)c1nnc(NC(=O)C2CC2)cc1Nc1nc2ccc(N3CCC3)cn2n1. The van der Waals surface area contributed by atoms with Gasteiger partial charge in [-0.05, 0) is 31.4 Å². The summed E-state index contributed by atoms with van der Waals surface area (Å²) in [5.41, 5.74) is 1.45. The van der Waals surface area contributed by atoms with E-state index in [9.17, 15) is 9.59 Å². The molecule has 0 unspecified atom stereocenters. The number of carbonyl (C=O) groups excluding carboxylic acids is 2. The van der Waals surface area contributed by atoms with Gasteiger partial charge in [-0.15, -0.1) is 15.3 Å². The minimum absolute atomic E-state index is 0.0533. The Bertz CT molecular complexity index is 1230. The first-order valence-electron chi connectivity index (χ1n) is 11.1. The van der Waals surface area contributed by atoms with Gasteiger partial charge in [0.1, 0.15) is 0 Å². The monoisotopic (exact) mass is 410 g/mol. The van der Waals surface area contributed by atoms with E-state index in [0.717, 1.165) is 38.0 Å². The van der Waals surface area contributed by atoms with Gasteiger partial charge in [-0.1, -0.05) is 0 Å². The number of nitrogens with zero attached hydrogens (tertiary/aromatic N) is 6. The predicted molar refractivity (Wildman–Crippen MR) is 110 cm³/mol. The summed E-state index contributed by atoms with van der Waals surface area (Å²) in [7, 11) is 0. The molecule has 4 heterocycles. The van der Waals surface area contributed by atoms with Crippen molar-refractivity contribution in [1.82, 2.24) is 30.1 Å². The Hall–Kier alpha value is -3.76. The summed E-state index contributed by atoms with van der Waals surface area (Å²) in [6.45, 7) is -0.722. The zero-order valence-corrected chi connectivity index (χ0v) is 15.9. The van der Waals surface area contributed by atoms with Gasteiger partial charge >= 0.3 is 0 Å². The summed E-state index contributed by atoms with van der Waals surface area (Å²) in [6, 6.07) is 5.20. The number of amides is 2. The summed E-state index contributed by atoms with van der Waals surface area (Å²) in [6.07, 6.45) is 4.64. The minimum Gasteiger partial charge on any atom is -0.370 e. The smallest absolute Gasteiger partial charge is 0.273 e. The molecule has 0 bridgehead atoms. The average Bonchev–Trinajstić information content (AvgIpc) is 3.46. The van der Waals surface area contributed by atoms with E-state index in [1.807, 2.05) is 23.6 Å². The lowest BCUT2D eigenvalue weighted by atomic mass is 10.2. The van der Waals surface area contributed by atoms with Crippen molar-refractivity contribution in [3.63, 3.8) is 0 Å². The van der Waals surface area contributed by atoms with E-state index in [2.05, 4.69) is 35.8 Å². The van der Waals surface area contributed by atoms with Crippen molar-refractivity contribution in [2.75, 3.05) is 35.6 Å². The number of rotatable bonds is 6. The van der Waals surface area contributed by atoms with Crippen molar-refractivity contribution in [3.8, 4) is 0 Å². The lowest BCUT2D eigenvalue weighted by Crippen LogP contribution is -2.37. The maximum absolute atomic E-state index is 12.5. The van der Waals surface area contributed by atoms with Gasteiger partial charge in [-0.3, -0.25) is 9.59 Å². The molecule has 5 rings (SSSR count). The van der Waals surface area contributed by atoms with E-state index in [-0.39, 0.29) is 35.0 Å². The molecule has 0 atom stereocenters. The third-order valence-electron chi connectivity index (χ3n) is 5.10. The molecule has 3 aromatic heterocycles. The summed E-state index contributed by atoms with van der Waals surface area (Å²) in [5.74, 6) is -0.884. The molecule has 2 amide bonds. The molecule has 1 aliphatic carbocycles. The zero-order chi connectivity index (χ0) is 23.2. The van der Waals surface area contributed by atoms with Crippen molar-refractivity contribution in [1.29, 1.82) is 0 Å². The first-order chi connectivity index (χ1) is 15.7. The molecular formula is C19H21N9O2. The van der Waals surface area contributed by atoms with E-state index in [1.54, 1.807) is 4.52 Å². The van der Waals surface area contributed by atoms with Crippen molar-refractivity contribution in [2.24, 2.45) is 5.92 Å². The minimum atomic E-state index is -2.70. The van der Waals surface area contributed by atoms with Gasteiger partial charge in [-0.2, -0.15) is 4.98 Å². The first-order valence-corrected chi connectivity index (χ1v) is 9.65. The van der Waals surface area contributed by atoms with Crippen molar-refractivity contribution in [3.05, 3.63) is 30.1 Å². The Morgan fingerprint density at radius 1 is 1.23 bits per heavy atom. The molecular weight excluding hydrogens is 386 g/mol. The van der Waals surface area contributed by atoms with Gasteiger partial charge in [0, 0.05) is 36.2 Å². The molecule has 0 radical (unpaired) electrons. The molecule has 30 heavy (non-hydrogen) atoms. The molecule has 2 fully saturated rings. The lowest BCUT2D eigenvalue weighted by molar-refractivity contribution is -0.117. The average molecular weight is 410 g/mol. The Morgan fingerprint density at radius 3 is 2.83 bits per heavy atom. The Balaban J connectivity index is 1.44. The number of nitrogens with one attached hydrogen (secondary N) is 3. The highest BCUT2D eigenvalue weighted by atomic mass is 16.2. The highest BCUT2D eigenvalue weighted by Crippen LogP contribution is 2.30. The Labute approximate surface area is 176 Å². The maximum Gasteiger partial charge on any atom is 0.273 e. The van der Waals surface area contributed by atoms with Crippen LogP contribution in [0.1, 0.15) is 33.9 Å². The third kappa shape index (κ3) is 3.49. The molecule has 3 aromatic rings. The molecule has 1 saturated carbocycles.